The molecule has 1 aliphatic carbocycles. The van der Waals surface area contributed by atoms with E-state index in [1.807, 2.05) is 0 Å². The Morgan fingerprint density at radius 3 is 2.44 bits per heavy atom. The summed E-state index contributed by atoms with van der Waals surface area (Å²) in [6, 6.07) is 0. The quantitative estimate of drug-likeness (QED) is 0.230. The number of nitrogens with one attached hydrogen (secondary N) is 2. The summed E-state index contributed by atoms with van der Waals surface area (Å²) in [5.41, 5.74) is 4.35. The van der Waals surface area contributed by atoms with Crippen LogP contribution in [0.1, 0.15) is 25.7 Å². The fraction of sp³-hybridized carbons (Fsp3) is 0.750. The summed E-state index contributed by atoms with van der Waals surface area (Å²) in [6.07, 6.45) is 1.14. The van der Waals surface area contributed by atoms with Crippen LogP contribution in [-0.4, -0.2) is 38.2 Å². The molecule has 0 bridgehead atoms. The summed E-state index contributed by atoms with van der Waals surface area (Å²) in [6.45, 7) is 0. The number of methoxy groups -OCH3 is 1. The highest BCUT2D eigenvalue weighted by molar-refractivity contribution is 7.88. The molecule has 9 nitrogen and oxygen atoms in total. The van der Waals surface area contributed by atoms with E-state index in [0.717, 1.165) is 20.0 Å². The molecule has 5 N–H and O–H groups in total. The van der Waals surface area contributed by atoms with Crippen molar-refractivity contribution in [3.05, 3.63) is 0 Å². The second kappa shape index (κ2) is 5.40. The summed E-state index contributed by atoms with van der Waals surface area (Å²) >= 11 is 0. The summed E-state index contributed by atoms with van der Waals surface area (Å²) in [5.74, 6) is -0.227. The van der Waals surface area contributed by atoms with Crippen molar-refractivity contribution in [1.29, 1.82) is 0 Å². The molecule has 0 spiro atoms. The maximum absolute atomic E-state index is 11.7. The molecule has 0 heterocycles. The van der Waals surface area contributed by atoms with Crippen LogP contribution in [0.15, 0.2) is 5.16 Å². The van der Waals surface area contributed by atoms with Crippen molar-refractivity contribution in [1.82, 2.24) is 9.44 Å². The van der Waals surface area contributed by atoms with Crippen LogP contribution in [0.25, 0.3) is 0 Å². The van der Waals surface area contributed by atoms with Crippen LogP contribution in [0, 0.1) is 0 Å². The third-order valence-electron chi connectivity index (χ3n) is 2.79. The number of hydrogen-bond acceptors (Lipinski definition) is 6. The van der Waals surface area contributed by atoms with Gasteiger partial charge in [-0.15, -0.1) is 0 Å². The highest BCUT2D eigenvalue weighted by Crippen LogP contribution is 2.30. The van der Waals surface area contributed by atoms with Crippen molar-refractivity contribution in [3.63, 3.8) is 0 Å². The maximum atomic E-state index is 11.7. The van der Waals surface area contributed by atoms with Crippen LogP contribution in [0.2, 0.25) is 0 Å². The minimum Gasteiger partial charge on any atom is -0.452 e. The molecule has 0 aromatic carbocycles. The first kappa shape index (κ1) is 14.5. The molecule has 0 aromatic rings. The largest absolute Gasteiger partial charge is 0.452 e. The number of rotatable bonds is 4. The lowest BCUT2D eigenvalue weighted by molar-refractivity contribution is 0.177. The smallest absolute Gasteiger partial charge is 0.421 e. The second-order valence-corrected chi connectivity index (χ2v) is 5.39. The Bertz CT molecular complexity index is 440. The van der Waals surface area contributed by atoms with Gasteiger partial charge in [-0.3, -0.25) is 0 Å². The van der Waals surface area contributed by atoms with Gasteiger partial charge in [0.2, 0.25) is 0 Å². The van der Waals surface area contributed by atoms with E-state index in [1.54, 1.807) is 4.72 Å². The lowest BCUT2D eigenvalue weighted by atomic mass is 9.98. The van der Waals surface area contributed by atoms with E-state index in [4.69, 9.17) is 10.9 Å². The van der Waals surface area contributed by atoms with Crippen LogP contribution >= 0.6 is 0 Å². The molecule has 0 atom stereocenters. The van der Waals surface area contributed by atoms with E-state index in [2.05, 4.69) is 14.6 Å². The molecule has 0 saturated heterocycles. The summed E-state index contributed by atoms with van der Waals surface area (Å²) in [5, 5.41) is 11.6. The normalized spacial score (nSPS) is 19.5. The van der Waals surface area contributed by atoms with Crippen LogP contribution in [0.4, 0.5) is 4.79 Å². The molecular weight excluding hydrogens is 264 g/mol. The summed E-state index contributed by atoms with van der Waals surface area (Å²) in [7, 11) is -3.09. The number of amidine groups is 1. The van der Waals surface area contributed by atoms with Gasteiger partial charge in [-0.25, -0.2) is 9.52 Å². The first-order chi connectivity index (χ1) is 8.35. The topological polar surface area (TPSA) is 143 Å². The van der Waals surface area contributed by atoms with Gasteiger partial charge in [0.1, 0.15) is 0 Å². The van der Waals surface area contributed by atoms with Crippen molar-refractivity contribution in [2.75, 3.05) is 7.11 Å². The fourth-order valence-electron chi connectivity index (χ4n) is 1.92. The third-order valence-corrected chi connectivity index (χ3v) is 3.88. The molecule has 0 unspecified atom stereocenters. The monoisotopic (exact) mass is 280 g/mol. The highest BCUT2D eigenvalue weighted by Gasteiger charge is 2.42. The number of carbonyl (C=O) groups excluding carboxylic acids is 1. The Balaban J connectivity index is 2.88. The molecule has 1 saturated carbocycles. The average molecular weight is 280 g/mol. The van der Waals surface area contributed by atoms with Crippen molar-refractivity contribution < 1.29 is 23.2 Å². The molecule has 0 radical (unpaired) electrons. The number of ether oxygens (including phenoxy) is 1. The molecule has 1 aliphatic rings. The van der Waals surface area contributed by atoms with Gasteiger partial charge < -0.3 is 15.7 Å². The van der Waals surface area contributed by atoms with Crippen molar-refractivity contribution >= 4 is 22.1 Å². The summed E-state index contributed by atoms with van der Waals surface area (Å²) < 4.78 is 31.4. The molecule has 104 valence electrons. The molecule has 1 amide bonds. The number of hydrogen-bond donors (Lipinski definition) is 4. The van der Waals surface area contributed by atoms with E-state index in [0.29, 0.717) is 12.8 Å². The van der Waals surface area contributed by atoms with E-state index in [9.17, 15) is 13.2 Å². The van der Waals surface area contributed by atoms with Crippen LogP contribution in [0.5, 0.6) is 0 Å². The molecular formula is C8H16N4O5S. The number of nitrogens with zero attached hydrogens (tertiary/aromatic N) is 1. The third kappa shape index (κ3) is 3.23. The van der Waals surface area contributed by atoms with Gasteiger partial charge >= 0.3 is 16.3 Å². The van der Waals surface area contributed by atoms with Crippen molar-refractivity contribution in [2.24, 2.45) is 10.9 Å². The highest BCUT2D eigenvalue weighted by atomic mass is 32.2. The lowest BCUT2D eigenvalue weighted by Crippen LogP contribution is -2.58. The first-order valence-electron chi connectivity index (χ1n) is 5.23. The second-order valence-electron chi connectivity index (χ2n) is 3.97. The zero-order valence-electron chi connectivity index (χ0n) is 9.84. The van der Waals surface area contributed by atoms with Gasteiger partial charge in [0.15, 0.2) is 5.84 Å². The predicted molar refractivity (Wildman–Crippen MR) is 62.2 cm³/mol. The fourth-order valence-corrected chi connectivity index (χ4v) is 3.10. The van der Waals surface area contributed by atoms with Crippen molar-refractivity contribution in [2.45, 2.75) is 31.2 Å². The lowest BCUT2D eigenvalue weighted by Gasteiger charge is -2.27. The number of amides is 1. The standard InChI is InChI=1S/C8H16N4O5S/c1-17-7(13)11-18(15,16)12-8(6(9)10-14)4-2-3-5-8/h12,14H,2-5H2,1H3,(H2,9,10)(H,11,13). The van der Waals surface area contributed by atoms with Crippen molar-refractivity contribution in [3.8, 4) is 0 Å². The zero-order valence-corrected chi connectivity index (χ0v) is 10.7. The minimum absolute atomic E-state index is 0.227. The summed E-state index contributed by atoms with van der Waals surface area (Å²) in [4.78, 5) is 10.9. The number of oxime groups is 1. The van der Waals surface area contributed by atoms with Gasteiger partial charge in [-0.1, -0.05) is 18.0 Å². The Labute approximate surface area is 105 Å². The van der Waals surface area contributed by atoms with E-state index in [-0.39, 0.29) is 5.84 Å². The molecule has 1 rings (SSSR count). The molecule has 0 aliphatic heterocycles. The number of nitrogens with two attached hydrogens (primary N) is 1. The van der Waals surface area contributed by atoms with E-state index >= 15 is 0 Å². The Morgan fingerprint density at radius 1 is 1.44 bits per heavy atom. The minimum atomic E-state index is -4.14. The van der Waals surface area contributed by atoms with Gasteiger partial charge in [0.25, 0.3) is 0 Å². The van der Waals surface area contributed by atoms with Crippen LogP contribution in [0.3, 0.4) is 0 Å². The van der Waals surface area contributed by atoms with Crippen LogP contribution < -0.4 is 15.2 Å². The van der Waals surface area contributed by atoms with E-state index in [1.165, 1.54) is 0 Å². The number of carbonyl (C=O) groups is 1. The Kier molecular flexibility index (Phi) is 4.35. The Morgan fingerprint density at radius 2 is 2.00 bits per heavy atom. The van der Waals surface area contributed by atoms with Gasteiger partial charge in [0.05, 0.1) is 12.6 Å². The van der Waals surface area contributed by atoms with Gasteiger partial charge in [0, 0.05) is 0 Å². The average Bonchev–Trinajstić information content (AvgIpc) is 2.75. The SMILES string of the molecule is COC(=O)NS(=O)(=O)NC1(C(N)=NO)CCCC1. The van der Waals surface area contributed by atoms with E-state index < -0.39 is 21.8 Å². The van der Waals surface area contributed by atoms with Gasteiger partial charge in [-0.05, 0) is 12.8 Å². The molecule has 0 aromatic heterocycles. The van der Waals surface area contributed by atoms with Gasteiger partial charge in [-0.2, -0.15) is 13.1 Å². The molecule has 10 heteroatoms. The first-order valence-corrected chi connectivity index (χ1v) is 6.71. The molecule has 1 fully saturated rings. The maximum Gasteiger partial charge on any atom is 0.421 e. The zero-order chi connectivity index (χ0) is 13.8. The molecule has 18 heavy (non-hydrogen) atoms. The van der Waals surface area contributed by atoms with Crippen LogP contribution in [-0.2, 0) is 14.9 Å². The predicted octanol–water partition coefficient (Wildman–Crippen LogP) is -0.764. The Hall–Kier alpha value is -1.55.